The first-order valence-corrected chi connectivity index (χ1v) is 5.86. The number of phenolic OH excluding ortho intramolecular Hbond substituents is 1. The maximum absolute atomic E-state index is 13.3. The molecule has 108 valence electrons. The number of benzene rings is 1. The Labute approximate surface area is 113 Å². The minimum atomic E-state index is -1.02. The monoisotopic (exact) mass is 285 g/mol. The third kappa shape index (κ3) is 2.95. The van der Waals surface area contributed by atoms with Gasteiger partial charge in [-0.05, 0) is 24.1 Å². The maximum Gasteiger partial charge on any atom is 0.425 e. The average molecular weight is 285 g/mol. The molecule has 0 saturated heterocycles. The summed E-state index contributed by atoms with van der Waals surface area (Å²) in [5.41, 5.74) is 5.14. The van der Waals surface area contributed by atoms with Crippen molar-refractivity contribution in [3.63, 3.8) is 0 Å². The number of amides is 1. The van der Waals surface area contributed by atoms with E-state index in [0.29, 0.717) is 24.2 Å². The molecule has 1 aliphatic heterocycles. The first-order chi connectivity index (χ1) is 9.51. The van der Waals surface area contributed by atoms with E-state index in [1.165, 1.54) is 7.11 Å². The third-order valence-corrected chi connectivity index (χ3v) is 2.88. The molecular weight excluding hydrogens is 272 g/mol. The van der Waals surface area contributed by atoms with Crippen molar-refractivity contribution >= 4 is 11.9 Å². The predicted molar refractivity (Wildman–Crippen MR) is 66.1 cm³/mol. The molecule has 8 heteroatoms. The highest BCUT2D eigenvalue weighted by atomic mass is 19.1. The number of hydrogen-bond donors (Lipinski definition) is 3. The normalized spacial score (nSPS) is 17.6. The van der Waals surface area contributed by atoms with Gasteiger partial charge in [0.2, 0.25) is 0 Å². The first-order valence-electron chi connectivity index (χ1n) is 5.86. The second-order valence-electron chi connectivity index (χ2n) is 4.21. The molecule has 3 N–H and O–H groups in total. The first kappa shape index (κ1) is 14.0. The van der Waals surface area contributed by atoms with Crippen molar-refractivity contribution in [1.29, 1.82) is 0 Å². The predicted octanol–water partition coefficient (Wildman–Crippen LogP) is 1.76. The Bertz CT molecular complexity index is 540. The quantitative estimate of drug-likeness (QED) is 0.687. The maximum atomic E-state index is 13.3. The van der Waals surface area contributed by atoms with Crippen LogP contribution in [-0.4, -0.2) is 24.1 Å². The van der Waals surface area contributed by atoms with Gasteiger partial charge >= 0.3 is 6.09 Å². The van der Waals surface area contributed by atoms with Crippen LogP contribution in [0, 0.1) is 11.6 Å². The molecule has 1 amide bonds. The number of carbonyl (C=O) groups excluding carboxylic acids is 1. The Balaban J connectivity index is 2.08. The van der Waals surface area contributed by atoms with Gasteiger partial charge in [-0.1, -0.05) is 0 Å². The molecule has 0 spiro atoms. The SMILES string of the molecule is COC(=O)NNC1=NC(c2cc(F)c(O)c(F)c2)CC1. The van der Waals surface area contributed by atoms with E-state index in [1.54, 1.807) is 0 Å². The number of halogens is 2. The molecule has 6 nitrogen and oxygen atoms in total. The van der Waals surface area contributed by atoms with E-state index < -0.39 is 29.5 Å². The van der Waals surface area contributed by atoms with E-state index in [1.807, 2.05) is 0 Å². The minimum Gasteiger partial charge on any atom is -0.503 e. The third-order valence-electron chi connectivity index (χ3n) is 2.88. The summed E-state index contributed by atoms with van der Waals surface area (Å²) < 4.78 is 30.9. The lowest BCUT2D eigenvalue weighted by atomic mass is 10.0. The molecule has 0 saturated carbocycles. The summed E-state index contributed by atoms with van der Waals surface area (Å²) in [5.74, 6) is -2.57. The van der Waals surface area contributed by atoms with Crippen LogP contribution in [0.2, 0.25) is 0 Å². The Morgan fingerprint density at radius 1 is 1.45 bits per heavy atom. The number of hydrogen-bond acceptors (Lipinski definition) is 5. The van der Waals surface area contributed by atoms with Gasteiger partial charge in [-0.25, -0.2) is 19.0 Å². The number of nitrogens with zero attached hydrogens (tertiary/aromatic N) is 1. The molecule has 0 radical (unpaired) electrons. The molecule has 1 heterocycles. The summed E-state index contributed by atoms with van der Waals surface area (Å²) in [5, 5.41) is 9.04. The summed E-state index contributed by atoms with van der Waals surface area (Å²) in [6.07, 6.45) is 0.381. The van der Waals surface area contributed by atoms with Gasteiger partial charge < -0.3 is 9.84 Å². The van der Waals surface area contributed by atoms with E-state index in [-0.39, 0.29) is 0 Å². The van der Waals surface area contributed by atoms with Crippen molar-refractivity contribution < 1.29 is 23.4 Å². The van der Waals surface area contributed by atoms with Crippen LogP contribution in [-0.2, 0) is 4.74 Å². The standard InChI is InChI=1S/C12H13F2N3O3/c1-20-12(19)17-16-10-3-2-9(15-10)6-4-7(13)11(18)8(14)5-6/h4-5,9,18H,2-3H2,1H3,(H,15,16)(H,17,19). The molecule has 1 atom stereocenters. The highest BCUT2D eigenvalue weighted by Gasteiger charge is 2.22. The van der Waals surface area contributed by atoms with Gasteiger partial charge in [-0.2, -0.15) is 0 Å². The second kappa shape index (κ2) is 5.72. The lowest BCUT2D eigenvalue weighted by molar-refractivity contribution is 0.168. The molecule has 2 rings (SSSR count). The zero-order valence-electron chi connectivity index (χ0n) is 10.6. The highest BCUT2D eigenvalue weighted by Crippen LogP contribution is 2.32. The molecule has 0 aromatic heterocycles. The van der Waals surface area contributed by atoms with Crippen LogP contribution in [0.15, 0.2) is 17.1 Å². The van der Waals surface area contributed by atoms with E-state index in [4.69, 9.17) is 5.11 Å². The van der Waals surface area contributed by atoms with Gasteiger partial charge in [0.25, 0.3) is 0 Å². The Morgan fingerprint density at radius 2 is 2.10 bits per heavy atom. The number of hydrazine groups is 1. The Kier molecular flexibility index (Phi) is 4.02. The minimum absolute atomic E-state index is 0.327. The van der Waals surface area contributed by atoms with Crippen LogP contribution in [0.3, 0.4) is 0 Å². The van der Waals surface area contributed by atoms with Gasteiger partial charge in [0, 0.05) is 6.42 Å². The number of carbonyl (C=O) groups is 1. The fraction of sp³-hybridized carbons (Fsp3) is 0.333. The van der Waals surface area contributed by atoms with E-state index in [2.05, 4.69) is 20.6 Å². The second-order valence-corrected chi connectivity index (χ2v) is 4.21. The lowest BCUT2D eigenvalue weighted by Crippen LogP contribution is -2.40. The van der Waals surface area contributed by atoms with Crippen molar-refractivity contribution in [2.45, 2.75) is 18.9 Å². The number of rotatable bonds is 1. The van der Waals surface area contributed by atoms with Gasteiger partial charge in [0.05, 0.1) is 13.2 Å². The number of nitrogens with one attached hydrogen (secondary N) is 2. The molecular formula is C12H13F2N3O3. The lowest BCUT2D eigenvalue weighted by Gasteiger charge is -2.08. The highest BCUT2D eigenvalue weighted by molar-refractivity contribution is 5.85. The van der Waals surface area contributed by atoms with Crippen molar-refractivity contribution in [1.82, 2.24) is 10.9 Å². The van der Waals surface area contributed by atoms with Crippen molar-refractivity contribution in [2.75, 3.05) is 7.11 Å². The summed E-state index contributed by atoms with van der Waals surface area (Å²) in [6.45, 7) is 0. The number of aliphatic imine (C=N–C) groups is 1. The van der Waals surface area contributed by atoms with Crippen LogP contribution in [0.4, 0.5) is 13.6 Å². The fourth-order valence-corrected chi connectivity index (χ4v) is 1.88. The summed E-state index contributed by atoms with van der Waals surface area (Å²) in [4.78, 5) is 15.1. The molecule has 1 aromatic rings. The van der Waals surface area contributed by atoms with Crippen molar-refractivity contribution in [3.8, 4) is 5.75 Å². The number of methoxy groups -OCH3 is 1. The van der Waals surface area contributed by atoms with Crippen LogP contribution < -0.4 is 10.9 Å². The molecule has 20 heavy (non-hydrogen) atoms. The molecule has 1 unspecified atom stereocenters. The summed E-state index contributed by atoms with van der Waals surface area (Å²) >= 11 is 0. The van der Waals surface area contributed by atoms with Crippen LogP contribution in [0.1, 0.15) is 24.4 Å². The van der Waals surface area contributed by atoms with E-state index in [9.17, 15) is 13.6 Å². The molecule has 0 aliphatic carbocycles. The van der Waals surface area contributed by atoms with E-state index in [0.717, 1.165) is 12.1 Å². The van der Waals surface area contributed by atoms with Crippen molar-refractivity contribution in [2.24, 2.45) is 4.99 Å². The van der Waals surface area contributed by atoms with Crippen LogP contribution in [0.25, 0.3) is 0 Å². The number of ether oxygens (including phenoxy) is 1. The number of amidine groups is 1. The van der Waals surface area contributed by atoms with Crippen molar-refractivity contribution in [3.05, 3.63) is 29.3 Å². The number of aromatic hydroxyl groups is 1. The largest absolute Gasteiger partial charge is 0.503 e. The summed E-state index contributed by atoms with van der Waals surface area (Å²) in [6, 6.07) is 1.66. The molecule has 0 fully saturated rings. The molecule has 1 aromatic carbocycles. The van der Waals surface area contributed by atoms with Gasteiger partial charge in [0.15, 0.2) is 17.4 Å². The van der Waals surface area contributed by atoms with Gasteiger partial charge in [0.1, 0.15) is 5.84 Å². The zero-order valence-corrected chi connectivity index (χ0v) is 10.6. The molecule has 1 aliphatic rings. The Morgan fingerprint density at radius 3 is 2.70 bits per heavy atom. The Hall–Kier alpha value is -2.38. The average Bonchev–Trinajstić information content (AvgIpc) is 2.90. The number of phenols is 1. The van der Waals surface area contributed by atoms with E-state index >= 15 is 0 Å². The zero-order chi connectivity index (χ0) is 14.7. The van der Waals surface area contributed by atoms with Crippen LogP contribution >= 0.6 is 0 Å². The summed E-state index contributed by atoms with van der Waals surface area (Å²) in [7, 11) is 1.22. The fourth-order valence-electron chi connectivity index (χ4n) is 1.88. The molecule has 0 bridgehead atoms. The topological polar surface area (TPSA) is 83.0 Å². The van der Waals surface area contributed by atoms with Gasteiger partial charge in [-0.3, -0.25) is 10.4 Å². The van der Waals surface area contributed by atoms with Gasteiger partial charge in [-0.15, -0.1) is 0 Å². The van der Waals surface area contributed by atoms with Crippen LogP contribution in [0.5, 0.6) is 5.75 Å². The smallest absolute Gasteiger partial charge is 0.425 e.